The molecule has 0 aromatic heterocycles. The van der Waals surface area contributed by atoms with E-state index in [1.807, 2.05) is 30.3 Å². The second kappa shape index (κ2) is 9.96. The second-order valence-electron chi connectivity index (χ2n) is 6.81. The van der Waals surface area contributed by atoms with Gasteiger partial charge in [-0.05, 0) is 47.5 Å². The molecule has 162 valence electrons. The van der Waals surface area contributed by atoms with E-state index in [4.69, 9.17) is 44.9 Å². The highest BCUT2D eigenvalue weighted by Crippen LogP contribution is 2.40. The molecule has 0 unspecified atom stereocenters. The van der Waals surface area contributed by atoms with Crippen molar-refractivity contribution in [3.8, 4) is 11.5 Å². The van der Waals surface area contributed by atoms with Crippen LogP contribution in [0.5, 0.6) is 11.5 Å². The lowest BCUT2D eigenvalue weighted by molar-refractivity contribution is -0.113. The van der Waals surface area contributed by atoms with Crippen LogP contribution in [0.3, 0.4) is 0 Å². The lowest BCUT2D eigenvalue weighted by Gasteiger charge is -2.14. The van der Waals surface area contributed by atoms with E-state index < -0.39 is 0 Å². The number of anilines is 1. The van der Waals surface area contributed by atoms with E-state index in [0.717, 1.165) is 5.56 Å². The Bertz CT molecular complexity index is 1220. The van der Waals surface area contributed by atoms with Crippen molar-refractivity contribution in [3.63, 3.8) is 0 Å². The molecule has 8 heteroatoms. The quantitative estimate of drug-likeness (QED) is 0.269. The van der Waals surface area contributed by atoms with Crippen LogP contribution in [0.15, 0.2) is 71.6 Å². The number of ether oxygens (including phenoxy) is 2. The molecule has 0 atom stereocenters. The maximum Gasteiger partial charge on any atom is 0.270 e. The third-order valence-electron chi connectivity index (χ3n) is 4.64. The number of nitrogens with zero attached hydrogens (tertiary/aromatic N) is 1. The van der Waals surface area contributed by atoms with Gasteiger partial charge in [0.05, 0.1) is 22.7 Å². The Labute approximate surface area is 205 Å². The minimum Gasteiger partial charge on any atom is -0.493 e. The summed E-state index contributed by atoms with van der Waals surface area (Å²) in [7, 11) is 1.55. The van der Waals surface area contributed by atoms with Crippen LogP contribution in [-0.4, -0.2) is 17.3 Å². The Morgan fingerprint density at radius 2 is 1.84 bits per heavy atom. The summed E-state index contributed by atoms with van der Waals surface area (Å²) in [5, 5.41) is 0.917. The SMILES string of the molecule is COc1cc(/C=C2/SC(=S)N(c3cccc(Cl)c3)C2=O)cc(Cl)c1OCc1ccccc1. The molecule has 32 heavy (non-hydrogen) atoms. The molecule has 1 amide bonds. The largest absolute Gasteiger partial charge is 0.493 e. The number of hydrogen-bond donors (Lipinski definition) is 0. The molecular formula is C24H17Cl2NO3S2. The Morgan fingerprint density at radius 3 is 2.56 bits per heavy atom. The molecule has 4 nitrogen and oxygen atoms in total. The number of methoxy groups -OCH3 is 1. The van der Waals surface area contributed by atoms with Gasteiger partial charge in [-0.25, -0.2) is 0 Å². The van der Waals surface area contributed by atoms with Crippen molar-refractivity contribution < 1.29 is 14.3 Å². The van der Waals surface area contributed by atoms with Gasteiger partial charge >= 0.3 is 0 Å². The number of hydrogen-bond acceptors (Lipinski definition) is 5. The summed E-state index contributed by atoms with van der Waals surface area (Å²) >= 11 is 19.2. The molecule has 1 aliphatic heterocycles. The Hall–Kier alpha value is -2.51. The molecule has 3 aromatic rings. The monoisotopic (exact) mass is 501 g/mol. The van der Waals surface area contributed by atoms with Crippen molar-refractivity contribution in [2.75, 3.05) is 12.0 Å². The van der Waals surface area contributed by atoms with E-state index in [1.54, 1.807) is 49.6 Å². The highest BCUT2D eigenvalue weighted by Gasteiger charge is 2.33. The number of carbonyl (C=O) groups excluding carboxylic acids is 1. The van der Waals surface area contributed by atoms with Crippen molar-refractivity contribution in [2.24, 2.45) is 0 Å². The van der Waals surface area contributed by atoms with Gasteiger partial charge in [0.1, 0.15) is 6.61 Å². The van der Waals surface area contributed by atoms with Crippen LogP contribution in [0, 0.1) is 0 Å². The van der Waals surface area contributed by atoms with Crippen molar-refractivity contribution in [1.82, 2.24) is 0 Å². The molecule has 0 N–H and O–H groups in total. The highest BCUT2D eigenvalue weighted by atomic mass is 35.5. The van der Waals surface area contributed by atoms with Gasteiger partial charge in [0.25, 0.3) is 5.91 Å². The van der Waals surface area contributed by atoms with Crippen molar-refractivity contribution in [3.05, 3.63) is 92.8 Å². The number of halogens is 2. The molecule has 0 bridgehead atoms. The molecule has 1 aliphatic rings. The maximum absolute atomic E-state index is 13.0. The van der Waals surface area contributed by atoms with Crippen molar-refractivity contribution >= 4 is 69.2 Å². The summed E-state index contributed by atoms with van der Waals surface area (Å²) < 4.78 is 11.8. The van der Waals surface area contributed by atoms with Crippen LogP contribution in [0.25, 0.3) is 6.08 Å². The number of benzene rings is 3. The van der Waals surface area contributed by atoms with Crippen LogP contribution < -0.4 is 14.4 Å². The summed E-state index contributed by atoms with van der Waals surface area (Å²) in [5.74, 6) is 0.702. The average molecular weight is 502 g/mol. The maximum atomic E-state index is 13.0. The van der Waals surface area contributed by atoms with Crippen LogP contribution in [0.2, 0.25) is 10.0 Å². The lowest BCUT2D eigenvalue weighted by atomic mass is 10.1. The summed E-state index contributed by atoms with van der Waals surface area (Å²) in [4.78, 5) is 15.0. The molecule has 1 heterocycles. The first kappa shape index (κ1) is 22.7. The van der Waals surface area contributed by atoms with Gasteiger partial charge in [-0.15, -0.1) is 0 Å². The third-order valence-corrected chi connectivity index (χ3v) is 6.45. The van der Waals surface area contributed by atoms with E-state index in [9.17, 15) is 4.79 Å². The second-order valence-corrected chi connectivity index (χ2v) is 9.32. The first-order valence-electron chi connectivity index (χ1n) is 9.54. The first-order valence-corrected chi connectivity index (χ1v) is 11.5. The van der Waals surface area contributed by atoms with Gasteiger partial charge in [0.2, 0.25) is 0 Å². The summed E-state index contributed by atoms with van der Waals surface area (Å²) in [6, 6.07) is 20.3. The fourth-order valence-corrected chi connectivity index (χ4v) is 4.91. The Morgan fingerprint density at radius 1 is 1.06 bits per heavy atom. The smallest absolute Gasteiger partial charge is 0.270 e. The Kier molecular flexibility index (Phi) is 7.06. The average Bonchev–Trinajstić information content (AvgIpc) is 3.06. The number of carbonyl (C=O) groups is 1. The predicted octanol–water partition coefficient (Wildman–Crippen LogP) is 6.99. The molecule has 0 spiro atoms. The molecule has 0 radical (unpaired) electrons. The van der Waals surface area contributed by atoms with Gasteiger partial charge in [-0.2, -0.15) is 0 Å². The number of amides is 1. The van der Waals surface area contributed by atoms with E-state index in [-0.39, 0.29) is 5.91 Å². The zero-order valence-electron chi connectivity index (χ0n) is 16.9. The molecule has 0 aliphatic carbocycles. The van der Waals surface area contributed by atoms with Crippen LogP contribution >= 0.6 is 47.2 Å². The predicted molar refractivity (Wildman–Crippen MR) is 136 cm³/mol. The molecule has 0 saturated carbocycles. The highest BCUT2D eigenvalue weighted by molar-refractivity contribution is 8.27. The van der Waals surface area contributed by atoms with Gasteiger partial charge in [0.15, 0.2) is 15.8 Å². The summed E-state index contributed by atoms with van der Waals surface area (Å²) in [5.41, 5.74) is 2.34. The van der Waals surface area contributed by atoms with Gasteiger partial charge in [-0.1, -0.05) is 83.6 Å². The minimum atomic E-state index is -0.221. The van der Waals surface area contributed by atoms with Gasteiger partial charge in [-0.3, -0.25) is 9.69 Å². The third kappa shape index (κ3) is 4.94. The van der Waals surface area contributed by atoms with E-state index in [0.29, 0.717) is 48.6 Å². The first-order chi connectivity index (χ1) is 15.5. The standard InChI is InChI=1S/C24H17Cl2NO3S2/c1-29-20-11-16(10-19(26)22(20)30-14-15-6-3-2-4-7-15)12-21-23(28)27(24(31)32-21)18-9-5-8-17(25)13-18/h2-13H,14H2,1H3/b21-12+. The minimum absolute atomic E-state index is 0.221. The fraction of sp³-hybridized carbons (Fsp3) is 0.0833. The van der Waals surface area contributed by atoms with Gasteiger partial charge in [0, 0.05) is 5.02 Å². The number of thiocarbonyl (C=S) groups is 1. The molecule has 3 aromatic carbocycles. The summed E-state index contributed by atoms with van der Waals surface area (Å²) in [6.07, 6.45) is 1.74. The van der Waals surface area contributed by atoms with Crippen LogP contribution in [0.4, 0.5) is 5.69 Å². The molecular weight excluding hydrogens is 485 g/mol. The zero-order chi connectivity index (χ0) is 22.7. The normalized spacial score (nSPS) is 14.8. The molecule has 1 fully saturated rings. The van der Waals surface area contributed by atoms with Crippen molar-refractivity contribution in [1.29, 1.82) is 0 Å². The molecule has 4 rings (SSSR count). The number of thioether (sulfide) groups is 1. The van der Waals surface area contributed by atoms with Crippen molar-refractivity contribution in [2.45, 2.75) is 6.61 Å². The fourth-order valence-electron chi connectivity index (χ4n) is 3.15. The van der Waals surface area contributed by atoms with E-state index in [1.165, 1.54) is 16.7 Å². The lowest BCUT2D eigenvalue weighted by Crippen LogP contribution is -2.27. The van der Waals surface area contributed by atoms with Gasteiger partial charge < -0.3 is 9.47 Å². The topological polar surface area (TPSA) is 38.8 Å². The number of rotatable bonds is 6. The van der Waals surface area contributed by atoms with Crippen LogP contribution in [0.1, 0.15) is 11.1 Å². The molecule has 1 saturated heterocycles. The van der Waals surface area contributed by atoms with E-state index in [2.05, 4.69) is 0 Å². The van der Waals surface area contributed by atoms with E-state index >= 15 is 0 Å². The van der Waals surface area contributed by atoms with Crippen LogP contribution in [-0.2, 0) is 11.4 Å². The Balaban J connectivity index is 1.59. The zero-order valence-corrected chi connectivity index (χ0v) is 20.0. The summed E-state index contributed by atoms with van der Waals surface area (Å²) in [6.45, 7) is 0.356.